The molecule has 5 nitrogen and oxygen atoms in total. The summed E-state index contributed by atoms with van der Waals surface area (Å²) < 4.78 is 25.2. The highest BCUT2D eigenvalue weighted by molar-refractivity contribution is 7.89. The Morgan fingerprint density at radius 3 is 2.45 bits per heavy atom. The molecule has 1 aromatic carbocycles. The van der Waals surface area contributed by atoms with Gasteiger partial charge in [0.25, 0.3) is 0 Å². The van der Waals surface area contributed by atoms with Crippen LogP contribution in [0, 0.1) is 0 Å². The molecule has 2 rings (SSSR count). The Balaban J connectivity index is 2.05. The zero-order chi connectivity index (χ0) is 14.8. The van der Waals surface area contributed by atoms with Crippen LogP contribution in [0.4, 0.5) is 5.69 Å². The fraction of sp³-hybridized carbons (Fsp3) is 0.571. The van der Waals surface area contributed by atoms with Gasteiger partial charge in [0.15, 0.2) is 0 Å². The van der Waals surface area contributed by atoms with Crippen LogP contribution in [-0.4, -0.2) is 57.9 Å². The van der Waals surface area contributed by atoms with Crippen molar-refractivity contribution in [1.82, 2.24) is 9.21 Å². The summed E-state index contributed by atoms with van der Waals surface area (Å²) >= 11 is 0. The van der Waals surface area contributed by atoms with Crippen molar-refractivity contribution in [1.29, 1.82) is 0 Å². The Morgan fingerprint density at radius 2 is 1.90 bits per heavy atom. The highest BCUT2D eigenvalue weighted by Crippen LogP contribution is 2.19. The zero-order valence-corrected chi connectivity index (χ0v) is 13.2. The monoisotopic (exact) mass is 297 g/mol. The molecule has 0 spiro atoms. The van der Waals surface area contributed by atoms with Crippen LogP contribution in [0.5, 0.6) is 0 Å². The first kappa shape index (κ1) is 15.3. The van der Waals surface area contributed by atoms with E-state index in [0.717, 1.165) is 25.2 Å². The number of sulfonamides is 1. The minimum absolute atomic E-state index is 0.328. The van der Waals surface area contributed by atoms with Gasteiger partial charge in [0, 0.05) is 32.4 Å². The number of rotatable bonds is 4. The van der Waals surface area contributed by atoms with Gasteiger partial charge in [-0.15, -0.1) is 0 Å². The average Bonchev–Trinajstić information content (AvgIpc) is 2.39. The number of hydrogen-bond acceptors (Lipinski definition) is 4. The van der Waals surface area contributed by atoms with Crippen molar-refractivity contribution in [3.63, 3.8) is 0 Å². The van der Waals surface area contributed by atoms with E-state index in [0.29, 0.717) is 10.9 Å². The van der Waals surface area contributed by atoms with E-state index < -0.39 is 10.0 Å². The van der Waals surface area contributed by atoms with Gasteiger partial charge in [-0.25, -0.2) is 12.7 Å². The van der Waals surface area contributed by atoms with E-state index >= 15 is 0 Å². The van der Waals surface area contributed by atoms with Gasteiger partial charge in [-0.3, -0.25) is 0 Å². The van der Waals surface area contributed by atoms with E-state index in [1.54, 1.807) is 26.2 Å². The minimum Gasteiger partial charge on any atom is -0.381 e. The van der Waals surface area contributed by atoms with Crippen molar-refractivity contribution in [3.05, 3.63) is 24.3 Å². The first-order chi connectivity index (χ1) is 9.39. The topological polar surface area (TPSA) is 52.7 Å². The van der Waals surface area contributed by atoms with E-state index in [9.17, 15) is 8.42 Å². The Bertz CT molecular complexity index is 540. The molecule has 0 aliphatic carbocycles. The standard InChI is InChI=1S/C14H23N3O2S/c1-16(2)20(18,19)14-8-6-12(7-9-14)15-13-5-4-10-17(3)11-13/h6-9,13,15H,4-5,10-11H2,1-3H3. The van der Waals surface area contributed by atoms with Gasteiger partial charge in [-0.2, -0.15) is 0 Å². The van der Waals surface area contributed by atoms with Crippen LogP contribution in [0.1, 0.15) is 12.8 Å². The minimum atomic E-state index is -3.34. The Morgan fingerprint density at radius 1 is 1.25 bits per heavy atom. The fourth-order valence-electron chi connectivity index (χ4n) is 2.45. The Labute approximate surface area is 121 Å². The molecule has 0 amide bonds. The van der Waals surface area contributed by atoms with Crippen LogP contribution < -0.4 is 5.32 Å². The lowest BCUT2D eigenvalue weighted by molar-refractivity contribution is 0.261. The molecule has 6 heteroatoms. The lowest BCUT2D eigenvalue weighted by Gasteiger charge is -2.30. The van der Waals surface area contributed by atoms with Crippen molar-refractivity contribution in [2.24, 2.45) is 0 Å². The van der Waals surface area contributed by atoms with Crippen molar-refractivity contribution >= 4 is 15.7 Å². The summed E-state index contributed by atoms with van der Waals surface area (Å²) in [4.78, 5) is 2.64. The molecule has 20 heavy (non-hydrogen) atoms. The molecule has 1 N–H and O–H groups in total. The zero-order valence-electron chi connectivity index (χ0n) is 12.3. The van der Waals surface area contributed by atoms with Crippen molar-refractivity contribution < 1.29 is 8.42 Å². The molecule has 0 radical (unpaired) electrons. The van der Waals surface area contributed by atoms with Gasteiger partial charge in [-0.1, -0.05) is 0 Å². The quantitative estimate of drug-likeness (QED) is 0.914. The van der Waals surface area contributed by atoms with Crippen molar-refractivity contribution in [2.75, 3.05) is 39.5 Å². The highest BCUT2D eigenvalue weighted by atomic mass is 32.2. The number of likely N-dealkylation sites (N-methyl/N-ethyl adjacent to an activating group) is 1. The molecule has 1 atom stereocenters. The number of nitrogens with one attached hydrogen (secondary N) is 1. The smallest absolute Gasteiger partial charge is 0.242 e. The predicted molar refractivity (Wildman–Crippen MR) is 81.5 cm³/mol. The maximum Gasteiger partial charge on any atom is 0.242 e. The largest absolute Gasteiger partial charge is 0.381 e. The normalized spacial score (nSPS) is 21.1. The van der Waals surface area contributed by atoms with Gasteiger partial charge in [0.1, 0.15) is 0 Å². The number of anilines is 1. The number of piperidine rings is 1. The van der Waals surface area contributed by atoms with Crippen LogP contribution in [0.15, 0.2) is 29.2 Å². The van der Waals surface area contributed by atoms with E-state index in [-0.39, 0.29) is 0 Å². The molecule has 0 saturated carbocycles. The number of hydrogen-bond donors (Lipinski definition) is 1. The van der Waals surface area contributed by atoms with Crippen LogP contribution in [0.3, 0.4) is 0 Å². The van der Waals surface area contributed by atoms with Crippen LogP contribution in [0.25, 0.3) is 0 Å². The van der Waals surface area contributed by atoms with Gasteiger partial charge in [0.05, 0.1) is 4.90 Å². The lowest BCUT2D eigenvalue weighted by Crippen LogP contribution is -2.39. The summed E-state index contributed by atoms with van der Waals surface area (Å²) in [5, 5.41) is 3.47. The molecule has 1 unspecified atom stereocenters. The van der Waals surface area contributed by atoms with Gasteiger partial charge in [0.2, 0.25) is 10.0 Å². The molecular formula is C14H23N3O2S. The molecule has 1 saturated heterocycles. The van der Waals surface area contributed by atoms with E-state index in [4.69, 9.17) is 0 Å². The average molecular weight is 297 g/mol. The summed E-state index contributed by atoms with van der Waals surface area (Å²) in [6.45, 7) is 2.18. The van der Waals surface area contributed by atoms with Crippen LogP contribution in [-0.2, 0) is 10.0 Å². The van der Waals surface area contributed by atoms with Gasteiger partial charge in [-0.05, 0) is 50.7 Å². The lowest BCUT2D eigenvalue weighted by atomic mass is 10.1. The third-order valence-corrected chi connectivity index (χ3v) is 5.46. The predicted octanol–water partition coefficient (Wildman–Crippen LogP) is 1.44. The SMILES string of the molecule is CN1CCCC(Nc2ccc(S(=O)(=O)N(C)C)cc2)C1. The molecule has 1 aromatic rings. The van der Waals surface area contributed by atoms with Gasteiger partial charge < -0.3 is 10.2 Å². The molecule has 0 aromatic heterocycles. The molecule has 112 valence electrons. The van der Waals surface area contributed by atoms with Crippen LogP contribution >= 0.6 is 0 Å². The third kappa shape index (κ3) is 3.50. The fourth-order valence-corrected chi connectivity index (χ4v) is 3.36. The second kappa shape index (κ2) is 6.11. The summed E-state index contributed by atoms with van der Waals surface area (Å²) in [7, 11) is 1.87. The summed E-state index contributed by atoms with van der Waals surface area (Å²) in [5.41, 5.74) is 0.975. The highest BCUT2D eigenvalue weighted by Gasteiger charge is 2.18. The Kier molecular flexibility index (Phi) is 4.67. The Hall–Kier alpha value is -1.11. The van der Waals surface area contributed by atoms with E-state index in [1.807, 2.05) is 12.1 Å². The van der Waals surface area contributed by atoms with E-state index in [1.165, 1.54) is 10.7 Å². The first-order valence-corrected chi connectivity index (χ1v) is 8.31. The molecular weight excluding hydrogens is 274 g/mol. The molecule has 1 fully saturated rings. The second-order valence-corrected chi connectivity index (χ2v) is 7.71. The summed E-state index contributed by atoms with van der Waals surface area (Å²) in [6.07, 6.45) is 2.35. The number of benzene rings is 1. The van der Waals surface area contributed by atoms with Crippen molar-refractivity contribution in [3.8, 4) is 0 Å². The third-order valence-electron chi connectivity index (χ3n) is 3.63. The second-order valence-electron chi connectivity index (χ2n) is 5.56. The molecule has 1 heterocycles. The van der Waals surface area contributed by atoms with E-state index in [2.05, 4.69) is 17.3 Å². The maximum atomic E-state index is 12.0. The van der Waals surface area contributed by atoms with Gasteiger partial charge >= 0.3 is 0 Å². The number of nitrogens with zero attached hydrogens (tertiary/aromatic N) is 2. The van der Waals surface area contributed by atoms with Crippen molar-refractivity contribution in [2.45, 2.75) is 23.8 Å². The molecule has 1 aliphatic rings. The number of likely N-dealkylation sites (tertiary alicyclic amines) is 1. The molecule has 1 aliphatic heterocycles. The van der Waals surface area contributed by atoms with Crippen LogP contribution in [0.2, 0.25) is 0 Å². The summed E-state index contributed by atoms with van der Waals surface area (Å²) in [5.74, 6) is 0. The summed E-state index contributed by atoms with van der Waals surface area (Å²) in [6, 6.07) is 7.43. The maximum absolute atomic E-state index is 12.0. The first-order valence-electron chi connectivity index (χ1n) is 6.87. The molecule has 0 bridgehead atoms.